The topological polar surface area (TPSA) is 101 Å². The number of hydrogen-bond acceptors (Lipinski definition) is 5. The zero-order valence-corrected chi connectivity index (χ0v) is 8.04. The van der Waals surface area contributed by atoms with E-state index in [0.29, 0.717) is 5.75 Å². The molecule has 0 aromatic carbocycles. The third-order valence-corrected chi connectivity index (χ3v) is 2.97. The Bertz CT molecular complexity index is 403. The van der Waals surface area contributed by atoms with Gasteiger partial charge in [-0.15, -0.1) is 10.2 Å². The second kappa shape index (κ2) is 3.60. The zero-order chi connectivity index (χ0) is 9.90. The van der Waals surface area contributed by atoms with Gasteiger partial charge < -0.3 is 0 Å². The summed E-state index contributed by atoms with van der Waals surface area (Å²) in [6.07, 6.45) is 1.41. The molecule has 1 amide bonds. The molecular weight excluding hydrogens is 194 g/mol. The number of aromatic nitrogens is 4. The van der Waals surface area contributed by atoms with Crippen molar-refractivity contribution in [3.63, 3.8) is 0 Å². The first-order chi connectivity index (χ1) is 6.05. The molecule has 1 heterocycles. The first-order valence-corrected chi connectivity index (χ1v) is 5.62. The maximum absolute atomic E-state index is 11.4. The molecule has 1 N–H and O–H groups in total. The van der Waals surface area contributed by atoms with E-state index in [9.17, 15) is 9.00 Å². The lowest BCUT2D eigenvalue weighted by Gasteiger charge is -1.95. The predicted octanol–water partition coefficient (Wildman–Crippen LogP) is -0.542. The highest BCUT2D eigenvalue weighted by molar-refractivity contribution is 7.93. The lowest BCUT2D eigenvalue weighted by atomic mass is 10.6. The van der Waals surface area contributed by atoms with Crippen LogP contribution in [-0.2, 0) is 9.73 Å². The molecule has 1 unspecified atom stereocenters. The number of H-pyrrole nitrogens is 1. The van der Waals surface area contributed by atoms with Crippen LogP contribution in [0.25, 0.3) is 0 Å². The van der Waals surface area contributed by atoms with Crippen molar-refractivity contribution in [1.82, 2.24) is 20.6 Å². The van der Waals surface area contributed by atoms with Gasteiger partial charge in [-0.2, -0.15) is 9.58 Å². The summed E-state index contributed by atoms with van der Waals surface area (Å²) in [5, 5.41) is 12.1. The van der Waals surface area contributed by atoms with E-state index in [1.165, 1.54) is 6.26 Å². The highest BCUT2D eigenvalue weighted by Gasteiger charge is 2.11. The van der Waals surface area contributed by atoms with Crippen LogP contribution in [0.1, 0.15) is 17.5 Å². The Labute approximate surface area is 75.1 Å². The van der Waals surface area contributed by atoms with Gasteiger partial charge >= 0.3 is 5.91 Å². The average molecular weight is 203 g/mol. The van der Waals surface area contributed by atoms with Crippen LogP contribution in [0, 0.1) is 0 Å². The smallest absolute Gasteiger partial charge is 0.262 e. The lowest BCUT2D eigenvalue weighted by molar-refractivity contribution is 0.0995. The largest absolute Gasteiger partial charge is 0.326 e. The quantitative estimate of drug-likeness (QED) is 0.695. The van der Waals surface area contributed by atoms with Crippen molar-refractivity contribution in [2.75, 3.05) is 12.0 Å². The molecule has 0 radical (unpaired) electrons. The number of carbonyl (C=O) groups is 1. The highest BCUT2D eigenvalue weighted by atomic mass is 32.2. The normalized spacial score (nSPS) is 14.9. The van der Waals surface area contributed by atoms with Crippen LogP contribution < -0.4 is 0 Å². The highest BCUT2D eigenvalue weighted by Crippen LogP contribution is 1.95. The van der Waals surface area contributed by atoms with E-state index in [-0.39, 0.29) is 5.82 Å². The minimum absolute atomic E-state index is 0.164. The number of hydrogen-bond donors (Lipinski definition) is 1. The lowest BCUT2D eigenvalue weighted by Crippen LogP contribution is -2.06. The van der Waals surface area contributed by atoms with E-state index in [1.807, 2.05) is 0 Å². The van der Waals surface area contributed by atoms with Gasteiger partial charge in [-0.3, -0.25) is 4.79 Å². The molecule has 0 aliphatic rings. The van der Waals surface area contributed by atoms with Crippen molar-refractivity contribution >= 4 is 15.6 Å². The van der Waals surface area contributed by atoms with E-state index in [0.717, 1.165) is 0 Å². The van der Waals surface area contributed by atoms with Crippen LogP contribution in [0.4, 0.5) is 0 Å². The molecular formula is C5H9N5O2S. The van der Waals surface area contributed by atoms with Gasteiger partial charge in [0.15, 0.2) is 0 Å². The Kier molecular flexibility index (Phi) is 2.71. The van der Waals surface area contributed by atoms with E-state index >= 15 is 0 Å². The number of aromatic amines is 1. The van der Waals surface area contributed by atoms with Crippen molar-refractivity contribution in [2.24, 2.45) is 4.36 Å². The predicted molar refractivity (Wildman–Crippen MR) is 45.5 cm³/mol. The summed E-state index contributed by atoms with van der Waals surface area (Å²) < 4.78 is 14.9. The summed E-state index contributed by atoms with van der Waals surface area (Å²) in [5.41, 5.74) is 0. The summed E-state index contributed by atoms with van der Waals surface area (Å²) in [5.74, 6) is -0.553. The molecule has 13 heavy (non-hydrogen) atoms. The van der Waals surface area contributed by atoms with Crippen molar-refractivity contribution in [1.29, 1.82) is 0 Å². The third-order valence-electron chi connectivity index (χ3n) is 1.35. The molecule has 7 nitrogen and oxygen atoms in total. The van der Waals surface area contributed by atoms with E-state index in [2.05, 4.69) is 25.0 Å². The fourth-order valence-corrected chi connectivity index (χ4v) is 1.09. The molecule has 0 aliphatic carbocycles. The zero-order valence-electron chi connectivity index (χ0n) is 7.22. The van der Waals surface area contributed by atoms with E-state index < -0.39 is 15.6 Å². The molecule has 1 aromatic heterocycles. The Morgan fingerprint density at radius 3 is 2.85 bits per heavy atom. The molecule has 1 aromatic rings. The van der Waals surface area contributed by atoms with E-state index in [1.54, 1.807) is 6.92 Å². The van der Waals surface area contributed by atoms with Gasteiger partial charge in [0.25, 0.3) is 5.82 Å². The molecule has 8 heteroatoms. The van der Waals surface area contributed by atoms with Crippen molar-refractivity contribution < 1.29 is 9.00 Å². The van der Waals surface area contributed by atoms with Crippen LogP contribution in [0.15, 0.2) is 4.36 Å². The molecule has 0 spiro atoms. The summed E-state index contributed by atoms with van der Waals surface area (Å²) in [7, 11) is -2.44. The first-order valence-electron chi connectivity index (χ1n) is 3.53. The van der Waals surface area contributed by atoms with Crippen LogP contribution in [0.3, 0.4) is 0 Å². The number of nitrogens with zero attached hydrogens (tertiary/aromatic N) is 4. The standard InChI is InChI=1S/C5H9N5O2S/c1-3-13(2,12)8-5(11)4-6-9-10-7-4/h3H2,1-2H3,(H,6,7,9,10). The van der Waals surface area contributed by atoms with Crippen LogP contribution in [0.2, 0.25) is 0 Å². The van der Waals surface area contributed by atoms with Crippen LogP contribution >= 0.6 is 0 Å². The minimum Gasteiger partial charge on any atom is -0.262 e. The van der Waals surface area contributed by atoms with Crippen LogP contribution in [0.5, 0.6) is 0 Å². The SMILES string of the molecule is CCS(C)(=O)=NC(=O)c1nn[nH]n1. The fraction of sp³-hybridized carbons (Fsp3) is 0.600. The summed E-state index contributed by atoms with van der Waals surface area (Å²) in [4.78, 5) is 11.1. The molecule has 72 valence electrons. The monoisotopic (exact) mass is 203 g/mol. The molecule has 0 aliphatic heterocycles. The van der Waals surface area contributed by atoms with Gasteiger partial charge in [-0.1, -0.05) is 6.92 Å². The van der Waals surface area contributed by atoms with Crippen molar-refractivity contribution in [2.45, 2.75) is 6.92 Å². The van der Waals surface area contributed by atoms with Gasteiger partial charge in [-0.25, -0.2) is 4.21 Å². The minimum atomic E-state index is -2.44. The van der Waals surface area contributed by atoms with Crippen LogP contribution in [-0.4, -0.2) is 42.7 Å². The van der Waals surface area contributed by atoms with Gasteiger partial charge in [0.1, 0.15) is 0 Å². The second-order valence-electron chi connectivity index (χ2n) is 2.38. The maximum atomic E-state index is 11.4. The van der Waals surface area contributed by atoms with Gasteiger partial charge in [0.05, 0.1) is 9.73 Å². The van der Waals surface area contributed by atoms with Crippen molar-refractivity contribution in [3.05, 3.63) is 5.82 Å². The third kappa shape index (κ3) is 2.58. The summed E-state index contributed by atoms with van der Waals surface area (Å²) >= 11 is 0. The Hall–Kier alpha value is -1.31. The molecule has 1 rings (SSSR count). The molecule has 0 saturated carbocycles. The van der Waals surface area contributed by atoms with Gasteiger partial charge in [0.2, 0.25) is 0 Å². The van der Waals surface area contributed by atoms with Crippen molar-refractivity contribution in [3.8, 4) is 0 Å². The van der Waals surface area contributed by atoms with E-state index in [4.69, 9.17) is 0 Å². The number of carbonyl (C=O) groups excluding carboxylic acids is 1. The maximum Gasteiger partial charge on any atom is 0.326 e. The second-order valence-corrected chi connectivity index (χ2v) is 5.06. The fourth-order valence-electron chi connectivity index (χ4n) is 0.533. The molecule has 0 fully saturated rings. The number of amides is 1. The molecule has 0 saturated heterocycles. The Balaban J connectivity index is 2.95. The van der Waals surface area contributed by atoms with Gasteiger partial charge in [-0.05, 0) is 5.21 Å². The number of rotatable bonds is 2. The average Bonchev–Trinajstić information content (AvgIpc) is 2.55. The number of nitrogens with one attached hydrogen (secondary N) is 1. The molecule has 0 bridgehead atoms. The van der Waals surface area contributed by atoms with Gasteiger partial charge in [0, 0.05) is 12.0 Å². The Morgan fingerprint density at radius 1 is 1.69 bits per heavy atom. The number of tetrazole rings is 1. The summed E-state index contributed by atoms with van der Waals surface area (Å²) in [6.45, 7) is 1.69. The first kappa shape index (κ1) is 9.78. The summed E-state index contributed by atoms with van der Waals surface area (Å²) in [6, 6.07) is 0. The Morgan fingerprint density at radius 2 is 2.38 bits per heavy atom. The molecule has 1 atom stereocenters.